The second-order valence-electron chi connectivity index (χ2n) is 3.27. The molecular weight excluding hydrogens is 265 g/mol. The third kappa shape index (κ3) is 2.76. The van der Waals surface area contributed by atoms with Crippen LogP contribution in [-0.2, 0) is 4.79 Å². The Balaban J connectivity index is 3.12. The topological polar surface area (TPSA) is 63.3 Å². The molecule has 0 aromatic heterocycles. The SMILES string of the molecule is Cc1c(Br)ccc(F)c1C(N)CC(=O)O. The van der Waals surface area contributed by atoms with Crippen molar-refractivity contribution in [1.29, 1.82) is 0 Å². The van der Waals surface area contributed by atoms with E-state index in [1.54, 1.807) is 13.0 Å². The Morgan fingerprint density at radius 1 is 1.67 bits per heavy atom. The predicted octanol–water partition coefficient (Wildman–Crippen LogP) is 2.37. The average Bonchev–Trinajstić information content (AvgIpc) is 2.11. The minimum atomic E-state index is -1.04. The fraction of sp³-hybridized carbons (Fsp3) is 0.300. The minimum Gasteiger partial charge on any atom is -0.481 e. The van der Waals surface area contributed by atoms with Gasteiger partial charge in [-0.1, -0.05) is 15.9 Å². The molecule has 5 heteroatoms. The quantitative estimate of drug-likeness (QED) is 0.890. The van der Waals surface area contributed by atoms with E-state index in [1.165, 1.54) is 6.07 Å². The van der Waals surface area contributed by atoms with Gasteiger partial charge in [0.15, 0.2) is 0 Å². The van der Waals surface area contributed by atoms with Gasteiger partial charge in [-0.05, 0) is 24.6 Å². The highest BCUT2D eigenvalue weighted by Crippen LogP contribution is 2.27. The Morgan fingerprint density at radius 2 is 2.27 bits per heavy atom. The van der Waals surface area contributed by atoms with Gasteiger partial charge >= 0.3 is 5.97 Å². The summed E-state index contributed by atoms with van der Waals surface area (Å²) in [5.74, 6) is -1.51. The molecule has 82 valence electrons. The van der Waals surface area contributed by atoms with E-state index in [9.17, 15) is 9.18 Å². The highest BCUT2D eigenvalue weighted by Gasteiger charge is 2.18. The van der Waals surface area contributed by atoms with Gasteiger partial charge in [-0.25, -0.2) is 4.39 Å². The van der Waals surface area contributed by atoms with E-state index in [0.29, 0.717) is 5.56 Å². The van der Waals surface area contributed by atoms with Crippen molar-refractivity contribution in [3.63, 3.8) is 0 Å². The molecule has 0 spiro atoms. The maximum atomic E-state index is 13.4. The van der Waals surface area contributed by atoms with E-state index >= 15 is 0 Å². The molecule has 1 aromatic rings. The Hall–Kier alpha value is -0.940. The smallest absolute Gasteiger partial charge is 0.305 e. The lowest BCUT2D eigenvalue weighted by Crippen LogP contribution is -2.17. The molecule has 15 heavy (non-hydrogen) atoms. The highest BCUT2D eigenvalue weighted by atomic mass is 79.9. The lowest BCUT2D eigenvalue weighted by molar-refractivity contribution is -0.137. The summed E-state index contributed by atoms with van der Waals surface area (Å²) in [6, 6.07) is 2.02. The summed E-state index contributed by atoms with van der Waals surface area (Å²) in [5.41, 5.74) is 6.52. The minimum absolute atomic E-state index is 0.256. The lowest BCUT2D eigenvalue weighted by Gasteiger charge is -2.14. The van der Waals surface area contributed by atoms with Crippen LogP contribution in [0.4, 0.5) is 4.39 Å². The van der Waals surface area contributed by atoms with E-state index in [-0.39, 0.29) is 12.0 Å². The number of halogens is 2. The molecule has 0 fully saturated rings. The number of hydrogen-bond acceptors (Lipinski definition) is 2. The molecule has 0 aliphatic carbocycles. The first-order valence-corrected chi connectivity index (χ1v) is 5.14. The van der Waals surface area contributed by atoms with Crippen molar-refractivity contribution >= 4 is 21.9 Å². The zero-order chi connectivity index (χ0) is 11.6. The highest BCUT2D eigenvalue weighted by molar-refractivity contribution is 9.10. The molecule has 3 N–H and O–H groups in total. The average molecular weight is 276 g/mol. The van der Waals surface area contributed by atoms with Gasteiger partial charge in [0, 0.05) is 16.1 Å². The number of nitrogens with two attached hydrogens (primary N) is 1. The molecule has 1 unspecified atom stereocenters. The first kappa shape index (κ1) is 12.1. The first-order chi connectivity index (χ1) is 6.93. The van der Waals surface area contributed by atoms with Gasteiger partial charge in [0.1, 0.15) is 5.82 Å². The van der Waals surface area contributed by atoms with Crippen LogP contribution in [0, 0.1) is 12.7 Å². The zero-order valence-corrected chi connectivity index (χ0v) is 9.71. The van der Waals surface area contributed by atoms with Crippen molar-refractivity contribution in [3.8, 4) is 0 Å². The zero-order valence-electron chi connectivity index (χ0n) is 8.13. The molecule has 3 nitrogen and oxygen atoms in total. The lowest BCUT2D eigenvalue weighted by atomic mass is 9.99. The molecule has 1 atom stereocenters. The standard InChI is InChI=1S/C10H11BrFNO2/c1-5-6(11)2-3-7(12)10(5)8(13)4-9(14)15/h2-3,8H,4,13H2,1H3,(H,14,15). The number of aliphatic carboxylic acids is 1. The van der Waals surface area contributed by atoms with Crippen molar-refractivity contribution < 1.29 is 14.3 Å². The summed E-state index contributed by atoms with van der Waals surface area (Å²) in [7, 11) is 0. The second-order valence-corrected chi connectivity index (χ2v) is 4.13. The van der Waals surface area contributed by atoms with Crippen LogP contribution in [0.25, 0.3) is 0 Å². The summed E-state index contributed by atoms with van der Waals surface area (Å²) in [6.45, 7) is 1.70. The molecule has 0 aliphatic rings. The number of carboxylic acid groups (broad SMARTS) is 1. The maximum absolute atomic E-state index is 13.4. The van der Waals surface area contributed by atoms with Crippen molar-refractivity contribution in [1.82, 2.24) is 0 Å². The van der Waals surface area contributed by atoms with Crippen LogP contribution in [0.15, 0.2) is 16.6 Å². The van der Waals surface area contributed by atoms with Crippen LogP contribution in [0.5, 0.6) is 0 Å². The van der Waals surface area contributed by atoms with Crippen LogP contribution in [-0.4, -0.2) is 11.1 Å². The summed E-state index contributed by atoms with van der Waals surface area (Å²) in [4.78, 5) is 10.5. The number of rotatable bonds is 3. The van der Waals surface area contributed by atoms with E-state index in [0.717, 1.165) is 4.47 Å². The van der Waals surface area contributed by atoms with Crippen molar-refractivity contribution in [2.45, 2.75) is 19.4 Å². The molecule has 0 amide bonds. The Kier molecular flexibility index (Phi) is 3.82. The normalized spacial score (nSPS) is 12.5. The van der Waals surface area contributed by atoms with Crippen molar-refractivity contribution in [3.05, 3.63) is 33.5 Å². The molecule has 0 bridgehead atoms. The fourth-order valence-electron chi connectivity index (χ4n) is 1.41. The third-order valence-corrected chi connectivity index (χ3v) is 3.02. The van der Waals surface area contributed by atoms with E-state index in [4.69, 9.17) is 10.8 Å². The van der Waals surface area contributed by atoms with Gasteiger partial charge in [-0.3, -0.25) is 4.79 Å². The maximum Gasteiger partial charge on any atom is 0.305 e. The number of carbonyl (C=O) groups is 1. The molecule has 1 rings (SSSR count). The Labute approximate surface area is 95.2 Å². The molecule has 0 heterocycles. The van der Waals surface area contributed by atoms with E-state index in [1.807, 2.05) is 0 Å². The van der Waals surface area contributed by atoms with Crippen LogP contribution < -0.4 is 5.73 Å². The third-order valence-electron chi connectivity index (χ3n) is 2.16. The van der Waals surface area contributed by atoms with E-state index in [2.05, 4.69) is 15.9 Å². The van der Waals surface area contributed by atoms with Gasteiger partial charge in [0.25, 0.3) is 0 Å². The molecule has 0 saturated heterocycles. The van der Waals surface area contributed by atoms with Crippen LogP contribution in [0.2, 0.25) is 0 Å². The van der Waals surface area contributed by atoms with Crippen LogP contribution in [0.1, 0.15) is 23.6 Å². The summed E-state index contributed by atoms with van der Waals surface area (Å²) in [5, 5.41) is 8.58. The van der Waals surface area contributed by atoms with Gasteiger partial charge in [-0.2, -0.15) is 0 Å². The number of carboxylic acids is 1. The molecular formula is C10H11BrFNO2. The van der Waals surface area contributed by atoms with Crippen molar-refractivity contribution in [2.75, 3.05) is 0 Å². The predicted molar refractivity (Wildman–Crippen MR) is 58.0 cm³/mol. The van der Waals surface area contributed by atoms with Gasteiger partial charge in [0.05, 0.1) is 6.42 Å². The summed E-state index contributed by atoms with van der Waals surface area (Å²) < 4.78 is 14.2. The van der Waals surface area contributed by atoms with Gasteiger partial charge in [-0.15, -0.1) is 0 Å². The number of benzene rings is 1. The molecule has 0 aliphatic heterocycles. The number of hydrogen-bond donors (Lipinski definition) is 2. The van der Waals surface area contributed by atoms with Gasteiger partial charge < -0.3 is 10.8 Å². The fourth-order valence-corrected chi connectivity index (χ4v) is 1.76. The van der Waals surface area contributed by atoms with E-state index < -0.39 is 17.8 Å². The van der Waals surface area contributed by atoms with Crippen LogP contribution >= 0.6 is 15.9 Å². The summed E-state index contributed by atoms with van der Waals surface area (Å²) >= 11 is 3.25. The molecule has 0 saturated carbocycles. The monoisotopic (exact) mass is 275 g/mol. The second kappa shape index (κ2) is 4.72. The Morgan fingerprint density at radius 3 is 2.80 bits per heavy atom. The van der Waals surface area contributed by atoms with Crippen LogP contribution in [0.3, 0.4) is 0 Å². The first-order valence-electron chi connectivity index (χ1n) is 4.35. The molecule has 0 radical (unpaired) electrons. The van der Waals surface area contributed by atoms with Crippen molar-refractivity contribution in [2.24, 2.45) is 5.73 Å². The Bertz CT molecular complexity index is 395. The molecule has 1 aromatic carbocycles. The largest absolute Gasteiger partial charge is 0.481 e. The van der Waals surface area contributed by atoms with Gasteiger partial charge in [0.2, 0.25) is 0 Å². The summed E-state index contributed by atoms with van der Waals surface area (Å²) in [6.07, 6.45) is -0.284.